The first kappa shape index (κ1) is 12.3. The fraction of sp³-hybridized carbons (Fsp3) is 0.250. The SMILES string of the molecule is CCOCc1ccccc1NC(=O)c1cn[nH]n1. The van der Waals surface area contributed by atoms with Gasteiger partial charge in [-0.1, -0.05) is 18.2 Å². The predicted octanol–water partition coefficient (Wildman–Crippen LogP) is 1.59. The van der Waals surface area contributed by atoms with Gasteiger partial charge in [0.05, 0.1) is 12.8 Å². The van der Waals surface area contributed by atoms with Gasteiger partial charge < -0.3 is 10.1 Å². The first-order valence-corrected chi connectivity index (χ1v) is 5.64. The summed E-state index contributed by atoms with van der Waals surface area (Å²) < 4.78 is 5.35. The summed E-state index contributed by atoms with van der Waals surface area (Å²) in [7, 11) is 0. The summed E-state index contributed by atoms with van der Waals surface area (Å²) in [5.41, 5.74) is 1.90. The molecule has 18 heavy (non-hydrogen) atoms. The number of nitrogens with one attached hydrogen (secondary N) is 2. The van der Waals surface area contributed by atoms with Crippen molar-refractivity contribution in [1.29, 1.82) is 0 Å². The smallest absolute Gasteiger partial charge is 0.277 e. The summed E-state index contributed by atoms with van der Waals surface area (Å²) in [5, 5.41) is 12.5. The van der Waals surface area contributed by atoms with Crippen LogP contribution in [0, 0.1) is 0 Å². The summed E-state index contributed by atoms with van der Waals surface area (Å²) >= 11 is 0. The van der Waals surface area contributed by atoms with Crippen molar-refractivity contribution in [2.24, 2.45) is 0 Å². The maximum Gasteiger partial charge on any atom is 0.277 e. The minimum Gasteiger partial charge on any atom is -0.377 e. The number of rotatable bonds is 5. The van der Waals surface area contributed by atoms with Crippen LogP contribution in [-0.4, -0.2) is 27.9 Å². The van der Waals surface area contributed by atoms with Crippen molar-refractivity contribution in [1.82, 2.24) is 15.4 Å². The topological polar surface area (TPSA) is 79.9 Å². The molecule has 0 aliphatic heterocycles. The molecule has 94 valence electrons. The van der Waals surface area contributed by atoms with Gasteiger partial charge in [-0.25, -0.2) is 0 Å². The fourth-order valence-corrected chi connectivity index (χ4v) is 1.48. The molecule has 2 aromatic rings. The molecule has 1 aromatic carbocycles. The molecule has 0 bridgehead atoms. The van der Waals surface area contributed by atoms with E-state index >= 15 is 0 Å². The minimum absolute atomic E-state index is 0.251. The first-order valence-electron chi connectivity index (χ1n) is 5.64. The molecule has 2 rings (SSSR count). The van der Waals surface area contributed by atoms with Crippen molar-refractivity contribution in [2.75, 3.05) is 11.9 Å². The van der Waals surface area contributed by atoms with Gasteiger partial charge in [0.2, 0.25) is 0 Å². The maximum atomic E-state index is 11.8. The second kappa shape index (κ2) is 5.92. The van der Waals surface area contributed by atoms with Gasteiger partial charge in [0.25, 0.3) is 5.91 Å². The predicted molar refractivity (Wildman–Crippen MR) is 66.1 cm³/mol. The lowest BCUT2D eigenvalue weighted by Crippen LogP contribution is -2.14. The van der Waals surface area contributed by atoms with Gasteiger partial charge in [-0.2, -0.15) is 15.4 Å². The summed E-state index contributed by atoms with van der Waals surface area (Å²) in [6.45, 7) is 3.02. The Labute approximate surface area is 104 Å². The number of ether oxygens (including phenoxy) is 1. The second-order valence-corrected chi connectivity index (χ2v) is 3.60. The third-order valence-corrected chi connectivity index (χ3v) is 2.37. The van der Waals surface area contributed by atoms with E-state index in [1.807, 2.05) is 31.2 Å². The lowest BCUT2D eigenvalue weighted by molar-refractivity contribution is 0.102. The Morgan fingerprint density at radius 1 is 1.44 bits per heavy atom. The van der Waals surface area contributed by atoms with Crippen molar-refractivity contribution in [3.8, 4) is 0 Å². The van der Waals surface area contributed by atoms with Gasteiger partial charge in [-0.05, 0) is 13.0 Å². The van der Waals surface area contributed by atoms with Gasteiger partial charge in [-0.15, -0.1) is 0 Å². The van der Waals surface area contributed by atoms with Crippen LogP contribution in [0.25, 0.3) is 0 Å². The third kappa shape index (κ3) is 2.92. The van der Waals surface area contributed by atoms with Crippen molar-refractivity contribution in [3.05, 3.63) is 41.7 Å². The Morgan fingerprint density at radius 3 is 3.00 bits per heavy atom. The molecule has 0 spiro atoms. The molecule has 6 nitrogen and oxygen atoms in total. The van der Waals surface area contributed by atoms with Crippen LogP contribution >= 0.6 is 0 Å². The fourth-order valence-electron chi connectivity index (χ4n) is 1.48. The second-order valence-electron chi connectivity index (χ2n) is 3.60. The average Bonchev–Trinajstić information content (AvgIpc) is 2.91. The number of amides is 1. The van der Waals surface area contributed by atoms with Crippen molar-refractivity contribution < 1.29 is 9.53 Å². The average molecular weight is 246 g/mol. The lowest BCUT2D eigenvalue weighted by atomic mass is 10.2. The van der Waals surface area contributed by atoms with Crippen LogP contribution < -0.4 is 5.32 Å². The van der Waals surface area contributed by atoms with Crippen LogP contribution in [0.3, 0.4) is 0 Å². The zero-order valence-electron chi connectivity index (χ0n) is 10.0. The highest BCUT2D eigenvalue weighted by Gasteiger charge is 2.10. The number of anilines is 1. The Hall–Kier alpha value is -2.21. The van der Waals surface area contributed by atoms with E-state index in [0.29, 0.717) is 13.2 Å². The summed E-state index contributed by atoms with van der Waals surface area (Å²) in [6, 6.07) is 7.49. The number of nitrogens with zero attached hydrogens (tertiary/aromatic N) is 2. The molecule has 1 amide bonds. The largest absolute Gasteiger partial charge is 0.377 e. The van der Waals surface area contributed by atoms with E-state index in [4.69, 9.17) is 4.74 Å². The van der Waals surface area contributed by atoms with E-state index in [-0.39, 0.29) is 11.6 Å². The van der Waals surface area contributed by atoms with Crippen molar-refractivity contribution in [2.45, 2.75) is 13.5 Å². The molecule has 0 fully saturated rings. The van der Waals surface area contributed by atoms with Crippen LogP contribution in [0.4, 0.5) is 5.69 Å². The van der Waals surface area contributed by atoms with E-state index in [2.05, 4.69) is 20.7 Å². The van der Waals surface area contributed by atoms with Gasteiger partial charge in [0.15, 0.2) is 5.69 Å². The van der Waals surface area contributed by atoms with Crippen LogP contribution in [0.2, 0.25) is 0 Å². The number of hydrogen-bond acceptors (Lipinski definition) is 4. The highest BCUT2D eigenvalue weighted by molar-refractivity contribution is 6.02. The molecule has 6 heteroatoms. The number of benzene rings is 1. The molecule has 0 radical (unpaired) electrons. The third-order valence-electron chi connectivity index (χ3n) is 2.37. The molecule has 0 aliphatic rings. The summed E-state index contributed by atoms with van der Waals surface area (Å²) in [4.78, 5) is 11.8. The monoisotopic (exact) mass is 246 g/mol. The van der Waals surface area contributed by atoms with Gasteiger partial charge in [0, 0.05) is 17.9 Å². The van der Waals surface area contributed by atoms with Gasteiger partial charge >= 0.3 is 0 Å². The van der Waals surface area contributed by atoms with E-state index < -0.39 is 0 Å². The zero-order chi connectivity index (χ0) is 12.8. The molecule has 1 heterocycles. The van der Waals surface area contributed by atoms with Crippen molar-refractivity contribution >= 4 is 11.6 Å². The summed E-state index contributed by atoms with van der Waals surface area (Å²) in [6.07, 6.45) is 1.38. The standard InChI is InChI=1S/C12H14N4O2/c1-2-18-8-9-5-3-4-6-10(9)14-12(17)11-7-13-16-15-11/h3-7H,2,8H2,1H3,(H,14,17)(H,13,15,16). The number of carbonyl (C=O) groups is 1. The normalized spacial score (nSPS) is 10.3. The zero-order valence-corrected chi connectivity index (χ0v) is 10.0. The Balaban J connectivity index is 2.11. The van der Waals surface area contributed by atoms with Crippen LogP contribution in [0.15, 0.2) is 30.5 Å². The molecule has 0 saturated carbocycles. The van der Waals surface area contributed by atoms with Gasteiger partial charge in [-0.3, -0.25) is 4.79 Å². The van der Waals surface area contributed by atoms with Crippen LogP contribution in [0.1, 0.15) is 23.0 Å². The maximum absolute atomic E-state index is 11.8. The number of para-hydroxylation sites is 1. The molecule has 0 atom stereocenters. The quantitative estimate of drug-likeness (QED) is 0.839. The van der Waals surface area contributed by atoms with Crippen molar-refractivity contribution in [3.63, 3.8) is 0 Å². The van der Waals surface area contributed by atoms with E-state index in [1.165, 1.54) is 6.20 Å². The van der Waals surface area contributed by atoms with E-state index in [1.54, 1.807) is 0 Å². The van der Waals surface area contributed by atoms with Crippen LogP contribution in [0.5, 0.6) is 0 Å². The highest BCUT2D eigenvalue weighted by atomic mass is 16.5. The molecular formula is C12H14N4O2. The summed E-state index contributed by atoms with van der Waals surface area (Å²) in [5.74, 6) is -0.298. The van der Waals surface area contributed by atoms with Gasteiger partial charge in [0.1, 0.15) is 0 Å². The highest BCUT2D eigenvalue weighted by Crippen LogP contribution is 2.16. The van der Waals surface area contributed by atoms with E-state index in [0.717, 1.165) is 11.3 Å². The molecule has 2 N–H and O–H groups in total. The number of carbonyl (C=O) groups excluding carboxylic acids is 1. The first-order chi connectivity index (χ1) is 8.81. The molecular weight excluding hydrogens is 232 g/mol. The Bertz CT molecular complexity index is 511. The number of aromatic amines is 1. The molecule has 0 aliphatic carbocycles. The Morgan fingerprint density at radius 2 is 2.28 bits per heavy atom. The Kier molecular flexibility index (Phi) is 4.03. The number of H-pyrrole nitrogens is 1. The lowest BCUT2D eigenvalue weighted by Gasteiger charge is -2.09. The molecule has 1 aromatic heterocycles. The molecule has 0 unspecified atom stereocenters. The van der Waals surface area contributed by atoms with E-state index in [9.17, 15) is 4.79 Å². The molecule has 0 saturated heterocycles. The number of aromatic nitrogens is 3. The number of hydrogen-bond donors (Lipinski definition) is 2. The minimum atomic E-state index is -0.298. The van der Waals surface area contributed by atoms with Crippen LogP contribution in [-0.2, 0) is 11.3 Å².